The Bertz CT molecular complexity index is 999. The zero-order valence-electron chi connectivity index (χ0n) is 15.0. The molecular formula is C20H16ClF2N3O2S. The number of amides is 1. The summed E-state index contributed by atoms with van der Waals surface area (Å²) in [6, 6.07) is 12.1. The molecule has 0 aliphatic carbocycles. The first kappa shape index (κ1) is 21.0. The largest absolute Gasteiger partial charge is 0.487 e. The maximum atomic E-state index is 13.8. The van der Waals surface area contributed by atoms with Crippen LogP contribution < -0.4 is 15.2 Å². The Balaban J connectivity index is 1.66. The highest BCUT2D eigenvalue weighted by Gasteiger charge is 2.13. The number of nitrogens with zero attached hydrogens (tertiary/aromatic N) is 1. The number of benzene rings is 2. The molecular weight excluding hydrogens is 420 g/mol. The van der Waals surface area contributed by atoms with Crippen molar-refractivity contribution in [2.75, 3.05) is 5.32 Å². The number of rotatable bonds is 7. The normalized spacial score (nSPS) is 10.6. The van der Waals surface area contributed by atoms with E-state index in [9.17, 15) is 13.6 Å². The van der Waals surface area contributed by atoms with Gasteiger partial charge < -0.3 is 10.1 Å². The Morgan fingerprint density at radius 2 is 2.03 bits per heavy atom. The highest BCUT2D eigenvalue weighted by atomic mass is 35.5. The SMILES string of the molecule is NSc1cc(NC(=O)Cc2c(F)cccc2Cl)ccc1COc1ccc(F)nc1. The van der Waals surface area contributed by atoms with Crippen LogP contribution in [-0.4, -0.2) is 10.9 Å². The van der Waals surface area contributed by atoms with E-state index in [2.05, 4.69) is 10.3 Å². The molecule has 1 amide bonds. The fourth-order valence-corrected chi connectivity index (χ4v) is 3.24. The van der Waals surface area contributed by atoms with Crippen molar-refractivity contribution in [3.8, 4) is 5.75 Å². The number of aromatic nitrogens is 1. The maximum absolute atomic E-state index is 13.8. The summed E-state index contributed by atoms with van der Waals surface area (Å²) in [4.78, 5) is 16.5. The number of nitrogens with one attached hydrogen (secondary N) is 1. The number of pyridine rings is 1. The number of carbonyl (C=O) groups excluding carboxylic acids is 1. The molecule has 0 aliphatic heterocycles. The van der Waals surface area contributed by atoms with Crippen LogP contribution in [0.4, 0.5) is 14.5 Å². The van der Waals surface area contributed by atoms with Gasteiger partial charge >= 0.3 is 0 Å². The van der Waals surface area contributed by atoms with Crippen molar-refractivity contribution < 1.29 is 18.3 Å². The number of halogens is 3. The molecule has 0 radical (unpaired) electrons. The topological polar surface area (TPSA) is 77.2 Å². The molecule has 0 spiro atoms. The molecule has 3 rings (SSSR count). The lowest BCUT2D eigenvalue weighted by atomic mass is 10.1. The average molecular weight is 436 g/mol. The molecule has 150 valence electrons. The van der Waals surface area contributed by atoms with E-state index in [1.807, 2.05) is 0 Å². The van der Waals surface area contributed by atoms with Crippen LogP contribution in [-0.2, 0) is 17.8 Å². The highest BCUT2D eigenvalue weighted by molar-refractivity contribution is 7.97. The smallest absolute Gasteiger partial charge is 0.228 e. The number of hydrogen-bond acceptors (Lipinski definition) is 5. The van der Waals surface area contributed by atoms with Crippen LogP contribution in [0.1, 0.15) is 11.1 Å². The molecule has 0 fully saturated rings. The van der Waals surface area contributed by atoms with E-state index < -0.39 is 17.7 Å². The molecule has 0 aliphatic rings. The van der Waals surface area contributed by atoms with Gasteiger partial charge in [0.1, 0.15) is 18.2 Å². The van der Waals surface area contributed by atoms with Crippen molar-refractivity contribution in [3.63, 3.8) is 0 Å². The first-order valence-corrected chi connectivity index (χ1v) is 9.69. The minimum Gasteiger partial charge on any atom is -0.487 e. The Kier molecular flexibility index (Phi) is 7.03. The van der Waals surface area contributed by atoms with Gasteiger partial charge in [-0.25, -0.2) is 9.37 Å². The van der Waals surface area contributed by atoms with Crippen LogP contribution in [0, 0.1) is 11.8 Å². The maximum Gasteiger partial charge on any atom is 0.228 e. The van der Waals surface area contributed by atoms with Gasteiger partial charge in [0.15, 0.2) is 0 Å². The van der Waals surface area contributed by atoms with Crippen LogP contribution in [0.2, 0.25) is 5.02 Å². The second-order valence-electron chi connectivity index (χ2n) is 5.97. The molecule has 3 aromatic rings. The number of anilines is 1. The number of carbonyl (C=O) groups is 1. The molecule has 0 unspecified atom stereocenters. The zero-order valence-corrected chi connectivity index (χ0v) is 16.6. The molecule has 0 bridgehead atoms. The Morgan fingerprint density at radius 1 is 1.21 bits per heavy atom. The number of nitrogens with two attached hydrogens (primary N) is 1. The van der Waals surface area contributed by atoms with Gasteiger partial charge in [0.2, 0.25) is 11.9 Å². The van der Waals surface area contributed by atoms with E-state index in [1.54, 1.807) is 18.2 Å². The molecule has 29 heavy (non-hydrogen) atoms. The van der Waals surface area contributed by atoms with Gasteiger partial charge in [0.25, 0.3) is 0 Å². The van der Waals surface area contributed by atoms with Gasteiger partial charge in [-0.15, -0.1) is 0 Å². The minimum absolute atomic E-state index is 0.137. The van der Waals surface area contributed by atoms with Gasteiger partial charge in [-0.05, 0) is 48.3 Å². The summed E-state index contributed by atoms with van der Waals surface area (Å²) in [7, 11) is 0. The molecule has 3 N–H and O–H groups in total. The summed E-state index contributed by atoms with van der Waals surface area (Å²) in [6.07, 6.45) is 1.09. The lowest BCUT2D eigenvalue weighted by Gasteiger charge is -2.12. The number of ether oxygens (including phenoxy) is 1. The predicted octanol–water partition coefficient (Wildman–Crippen LogP) is 4.74. The second kappa shape index (κ2) is 9.69. The summed E-state index contributed by atoms with van der Waals surface area (Å²) in [5.74, 6) is -1.12. The fourth-order valence-electron chi connectivity index (χ4n) is 2.54. The summed E-state index contributed by atoms with van der Waals surface area (Å²) in [5, 5.41) is 8.62. The lowest BCUT2D eigenvalue weighted by molar-refractivity contribution is -0.115. The van der Waals surface area contributed by atoms with Gasteiger partial charge in [0.05, 0.1) is 12.6 Å². The predicted molar refractivity (Wildman–Crippen MR) is 109 cm³/mol. The first-order chi connectivity index (χ1) is 14.0. The zero-order chi connectivity index (χ0) is 20.8. The third-order valence-electron chi connectivity index (χ3n) is 3.97. The molecule has 9 heteroatoms. The molecule has 1 aromatic heterocycles. The summed E-state index contributed by atoms with van der Waals surface area (Å²) >= 11 is 6.96. The third kappa shape index (κ3) is 5.66. The summed E-state index contributed by atoms with van der Waals surface area (Å²) < 4.78 is 32.3. The van der Waals surface area contributed by atoms with Crippen molar-refractivity contribution in [1.29, 1.82) is 0 Å². The van der Waals surface area contributed by atoms with E-state index in [0.717, 1.165) is 17.5 Å². The molecule has 1 heterocycles. The van der Waals surface area contributed by atoms with Gasteiger partial charge in [-0.2, -0.15) is 4.39 Å². The Labute approximate surface area is 175 Å². The van der Waals surface area contributed by atoms with E-state index in [4.69, 9.17) is 21.5 Å². The van der Waals surface area contributed by atoms with Crippen molar-refractivity contribution in [2.45, 2.75) is 17.9 Å². The van der Waals surface area contributed by atoms with Crippen LogP contribution in [0.3, 0.4) is 0 Å². The lowest BCUT2D eigenvalue weighted by Crippen LogP contribution is -2.15. The van der Waals surface area contributed by atoms with Crippen LogP contribution in [0.15, 0.2) is 59.6 Å². The van der Waals surface area contributed by atoms with Crippen molar-refractivity contribution in [3.05, 3.63) is 82.6 Å². The van der Waals surface area contributed by atoms with Crippen molar-refractivity contribution in [2.24, 2.45) is 5.14 Å². The summed E-state index contributed by atoms with van der Waals surface area (Å²) in [5.41, 5.74) is 1.41. The minimum atomic E-state index is -0.590. The Morgan fingerprint density at radius 3 is 2.72 bits per heavy atom. The molecule has 5 nitrogen and oxygen atoms in total. The molecule has 0 saturated heterocycles. The quantitative estimate of drug-likeness (QED) is 0.414. The summed E-state index contributed by atoms with van der Waals surface area (Å²) in [6.45, 7) is 0.186. The average Bonchev–Trinajstić information content (AvgIpc) is 2.71. The van der Waals surface area contributed by atoms with E-state index in [1.165, 1.54) is 36.5 Å². The molecule has 2 aromatic carbocycles. The molecule has 0 saturated carbocycles. The monoisotopic (exact) mass is 435 g/mol. The van der Waals surface area contributed by atoms with Crippen LogP contribution >= 0.6 is 23.5 Å². The van der Waals surface area contributed by atoms with Crippen LogP contribution in [0.25, 0.3) is 0 Å². The Hall–Kier alpha value is -2.68. The van der Waals surface area contributed by atoms with E-state index in [0.29, 0.717) is 16.3 Å². The fraction of sp³-hybridized carbons (Fsp3) is 0.100. The second-order valence-corrected chi connectivity index (χ2v) is 7.05. The first-order valence-electron chi connectivity index (χ1n) is 8.43. The standard InChI is InChI=1S/C20H16ClF2N3O2S/c21-16-2-1-3-17(22)15(16)9-20(27)26-13-5-4-12(18(8-13)29-24)11-28-14-6-7-19(23)25-10-14/h1-8,10H,9,11,24H2,(H,26,27). The van der Waals surface area contributed by atoms with Gasteiger partial charge in [-0.1, -0.05) is 23.7 Å². The molecule has 0 atom stereocenters. The van der Waals surface area contributed by atoms with Crippen molar-refractivity contribution in [1.82, 2.24) is 4.98 Å². The van der Waals surface area contributed by atoms with Gasteiger partial charge in [-0.3, -0.25) is 9.93 Å². The van der Waals surface area contributed by atoms with Crippen LogP contribution in [0.5, 0.6) is 5.75 Å². The third-order valence-corrected chi connectivity index (χ3v) is 4.96. The van der Waals surface area contributed by atoms with Gasteiger partial charge in [0, 0.05) is 26.7 Å². The van der Waals surface area contributed by atoms with E-state index in [-0.39, 0.29) is 23.6 Å². The number of hydrogen-bond donors (Lipinski definition) is 2. The highest BCUT2D eigenvalue weighted by Crippen LogP contribution is 2.25. The van der Waals surface area contributed by atoms with E-state index >= 15 is 0 Å². The van der Waals surface area contributed by atoms with Crippen molar-refractivity contribution >= 4 is 35.1 Å².